The van der Waals surface area contributed by atoms with Crippen LogP contribution in [-0.4, -0.2) is 27.9 Å². The highest BCUT2D eigenvalue weighted by atomic mass is 79.9. The molecule has 0 heterocycles. The van der Waals surface area contributed by atoms with E-state index in [-0.39, 0.29) is 21.9 Å². The maximum Gasteiger partial charge on any atom is 0.488 e. The van der Waals surface area contributed by atoms with Gasteiger partial charge in [-0.2, -0.15) is 0 Å². The van der Waals surface area contributed by atoms with Crippen LogP contribution in [0, 0.1) is 5.82 Å². The zero-order valence-electron chi connectivity index (χ0n) is 9.04. The maximum atomic E-state index is 13.7. The highest BCUT2D eigenvalue weighted by Crippen LogP contribution is 2.21. The third-order valence-electron chi connectivity index (χ3n) is 2.05. The Balaban J connectivity index is 3.17. The minimum absolute atomic E-state index is 0.0952. The molecule has 0 saturated heterocycles. The molecule has 88 valence electrons. The van der Waals surface area contributed by atoms with Crippen molar-refractivity contribution < 1.29 is 19.5 Å². The largest absolute Gasteiger partial charge is 0.488 e. The molecule has 0 unspecified atom stereocenters. The van der Waals surface area contributed by atoms with E-state index < -0.39 is 18.5 Å². The molecule has 16 heavy (non-hydrogen) atoms. The Morgan fingerprint density at radius 2 is 1.94 bits per heavy atom. The van der Waals surface area contributed by atoms with Crippen molar-refractivity contribution in [3.05, 3.63) is 28.0 Å². The zero-order chi connectivity index (χ0) is 12.5. The molecule has 0 spiro atoms. The molecule has 0 bridgehead atoms. The van der Waals surface area contributed by atoms with Crippen molar-refractivity contribution >= 4 is 28.5 Å². The second-order valence-electron chi connectivity index (χ2n) is 4.34. The van der Waals surface area contributed by atoms with Gasteiger partial charge in [-0.1, -0.05) is 6.07 Å². The fraction of sp³-hybridized carbons (Fsp3) is 0.400. The summed E-state index contributed by atoms with van der Waals surface area (Å²) < 4.78 is 13.8. The molecule has 1 aromatic rings. The number of benzene rings is 1. The first-order valence-corrected chi connectivity index (χ1v) is 5.56. The molecule has 3 N–H and O–H groups in total. The first kappa shape index (κ1) is 13.6. The van der Waals surface area contributed by atoms with Gasteiger partial charge in [0.2, 0.25) is 0 Å². The van der Waals surface area contributed by atoms with E-state index in [9.17, 15) is 9.50 Å². The van der Waals surface area contributed by atoms with Crippen LogP contribution in [0.5, 0.6) is 0 Å². The molecule has 0 saturated carbocycles. The van der Waals surface area contributed by atoms with Crippen LogP contribution in [-0.2, 0) is 6.42 Å². The lowest BCUT2D eigenvalue weighted by molar-refractivity contribution is 0.0800. The minimum Gasteiger partial charge on any atom is -0.423 e. The predicted molar refractivity (Wildman–Crippen MR) is 63.9 cm³/mol. The Morgan fingerprint density at radius 1 is 1.38 bits per heavy atom. The third kappa shape index (κ3) is 3.55. The second kappa shape index (κ2) is 4.83. The molecule has 0 aliphatic carbocycles. The molecule has 1 rings (SSSR count). The van der Waals surface area contributed by atoms with Gasteiger partial charge in [-0.15, -0.1) is 0 Å². The summed E-state index contributed by atoms with van der Waals surface area (Å²) in [7, 11) is -1.66. The van der Waals surface area contributed by atoms with Gasteiger partial charge in [0.05, 0.1) is 10.1 Å². The van der Waals surface area contributed by atoms with E-state index in [1.54, 1.807) is 13.8 Å². The van der Waals surface area contributed by atoms with Crippen molar-refractivity contribution in [1.82, 2.24) is 0 Å². The summed E-state index contributed by atoms with van der Waals surface area (Å²) >= 11 is 2.99. The van der Waals surface area contributed by atoms with Gasteiger partial charge < -0.3 is 15.2 Å². The van der Waals surface area contributed by atoms with Gasteiger partial charge in [0.25, 0.3) is 0 Å². The summed E-state index contributed by atoms with van der Waals surface area (Å²) in [4.78, 5) is 0. The van der Waals surface area contributed by atoms with Crippen LogP contribution in [0.4, 0.5) is 4.39 Å². The molecule has 0 aliphatic rings. The molecule has 6 heteroatoms. The Labute approximate surface area is 102 Å². The van der Waals surface area contributed by atoms with Gasteiger partial charge in [-0.3, -0.25) is 0 Å². The average molecular weight is 291 g/mol. The normalized spacial score (nSPS) is 11.7. The van der Waals surface area contributed by atoms with Crippen LogP contribution in [0.3, 0.4) is 0 Å². The van der Waals surface area contributed by atoms with Crippen LogP contribution in [0.1, 0.15) is 19.4 Å². The highest BCUT2D eigenvalue weighted by Gasteiger charge is 2.21. The minimum atomic E-state index is -1.66. The number of halogens is 2. The van der Waals surface area contributed by atoms with E-state index in [1.807, 2.05) is 0 Å². The van der Waals surface area contributed by atoms with E-state index in [1.165, 1.54) is 12.1 Å². The Hall–Kier alpha value is -0.425. The van der Waals surface area contributed by atoms with Crippen molar-refractivity contribution in [2.45, 2.75) is 25.9 Å². The Kier molecular flexibility index (Phi) is 4.12. The van der Waals surface area contributed by atoms with Gasteiger partial charge in [0.15, 0.2) is 0 Å². The van der Waals surface area contributed by atoms with E-state index in [0.29, 0.717) is 0 Å². The molecule has 0 atom stereocenters. The zero-order valence-corrected chi connectivity index (χ0v) is 10.6. The van der Waals surface area contributed by atoms with Gasteiger partial charge in [-0.25, -0.2) is 4.39 Å². The maximum absolute atomic E-state index is 13.7. The first-order valence-electron chi connectivity index (χ1n) is 4.77. The molecule has 0 amide bonds. The fourth-order valence-corrected chi connectivity index (χ4v) is 1.93. The van der Waals surface area contributed by atoms with E-state index >= 15 is 0 Å². The molecule has 0 aliphatic heterocycles. The van der Waals surface area contributed by atoms with Crippen molar-refractivity contribution in [3.8, 4) is 0 Å². The lowest BCUT2D eigenvalue weighted by atomic mass is 9.79. The molecular weight excluding hydrogens is 278 g/mol. The molecule has 0 fully saturated rings. The van der Waals surface area contributed by atoms with Crippen molar-refractivity contribution in [2.75, 3.05) is 0 Å². The quantitative estimate of drug-likeness (QED) is 0.714. The standard InChI is InChI=1S/C10H13BBrFO3/c1-10(2,14)5-6-3-7(11(15)16)4-8(12)9(6)13/h3-4,14-16H,5H2,1-2H3. The summed E-state index contributed by atoms with van der Waals surface area (Å²) in [5, 5.41) is 27.6. The van der Waals surface area contributed by atoms with Gasteiger partial charge in [0, 0.05) is 6.42 Å². The number of rotatable bonds is 3. The van der Waals surface area contributed by atoms with Crippen LogP contribution in [0.2, 0.25) is 0 Å². The Bertz CT molecular complexity index is 390. The lowest BCUT2D eigenvalue weighted by Gasteiger charge is -2.18. The summed E-state index contributed by atoms with van der Waals surface area (Å²) in [6.07, 6.45) is 0.0952. The number of hydrogen-bond acceptors (Lipinski definition) is 3. The van der Waals surface area contributed by atoms with Crippen LogP contribution in [0.25, 0.3) is 0 Å². The second-order valence-corrected chi connectivity index (χ2v) is 5.19. The topological polar surface area (TPSA) is 60.7 Å². The van der Waals surface area contributed by atoms with Crippen LogP contribution in [0.15, 0.2) is 16.6 Å². The van der Waals surface area contributed by atoms with Crippen LogP contribution < -0.4 is 5.46 Å². The Morgan fingerprint density at radius 3 is 2.38 bits per heavy atom. The van der Waals surface area contributed by atoms with Gasteiger partial charge >= 0.3 is 7.12 Å². The predicted octanol–water partition coefficient (Wildman–Crippen LogP) is 0.581. The summed E-state index contributed by atoms with van der Waals surface area (Å²) in [6, 6.07) is 2.64. The number of hydrogen-bond donors (Lipinski definition) is 3. The van der Waals surface area contributed by atoms with Crippen LogP contribution >= 0.6 is 15.9 Å². The van der Waals surface area contributed by atoms with Crippen molar-refractivity contribution in [1.29, 1.82) is 0 Å². The molecule has 0 radical (unpaired) electrons. The highest BCUT2D eigenvalue weighted by molar-refractivity contribution is 9.10. The van der Waals surface area contributed by atoms with Gasteiger partial charge in [-0.05, 0) is 46.9 Å². The summed E-state index contributed by atoms with van der Waals surface area (Å²) in [6.45, 7) is 3.12. The molecule has 0 aromatic heterocycles. The van der Waals surface area contributed by atoms with Gasteiger partial charge in [0.1, 0.15) is 5.82 Å². The number of aliphatic hydroxyl groups is 1. The van der Waals surface area contributed by atoms with E-state index in [4.69, 9.17) is 10.0 Å². The average Bonchev–Trinajstić information content (AvgIpc) is 2.10. The first-order chi connectivity index (χ1) is 7.20. The van der Waals surface area contributed by atoms with E-state index in [2.05, 4.69) is 15.9 Å². The fourth-order valence-electron chi connectivity index (χ4n) is 1.41. The molecule has 3 nitrogen and oxygen atoms in total. The lowest BCUT2D eigenvalue weighted by Crippen LogP contribution is -2.32. The molecule has 1 aromatic carbocycles. The smallest absolute Gasteiger partial charge is 0.423 e. The monoisotopic (exact) mass is 290 g/mol. The van der Waals surface area contributed by atoms with Crippen molar-refractivity contribution in [2.24, 2.45) is 0 Å². The summed E-state index contributed by atoms with van der Waals surface area (Å²) in [5.41, 5.74) is -0.628. The third-order valence-corrected chi connectivity index (χ3v) is 2.62. The van der Waals surface area contributed by atoms with E-state index in [0.717, 1.165) is 0 Å². The SMILES string of the molecule is CC(C)(O)Cc1cc(B(O)O)cc(Br)c1F. The van der Waals surface area contributed by atoms with Crippen molar-refractivity contribution in [3.63, 3.8) is 0 Å². The molecular formula is C10H13BBrFO3. The summed E-state index contributed by atoms with van der Waals surface area (Å²) in [5.74, 6) is -0.494.